The fraction of sp³-hybridized carbons (Fsp3) is 0.558. The Bertz CT molecular complexity index is 1850. The van der Waals surface area contributed by atoms with Crippen LogP contribution in [0.4, 0.5) is 0 Å². The van der Waals surface area contributed by atoms with Crippen molar-refractivity contribution in [2.24, 2.45) is 58.7 Å². The number of Topliss-reactive ketones (excluding diaryl/α,β-unsaturated/α-hetero) is 1. The minimum absolute atomic E-state index is 0.0199. The molecule has 0 radical (unpaired) electrons. The first-order chi connectivity index (χ1) is 24.9. The monoisotopic (exact) mass is 710 g/mol. The average molecular weight is 711 g/mol. The van der Waals surface area contributed by atoms with Crippen LogP contribution in [0.25, 0.3) is 0 Å². The van der Waals surface area contributed by atoms with Gasteiger partial charge in [-0.2, -0.15) is 0 Å². The molecule has 52 heavy (non-hydrogen) atoms. The van der Waals surface area contributed by atoms with Gasteiger partial charge < -0.3 is 29.2 Å². The molecule has 0 aromatic heterocycles. The van der Waals surface area contributed by atoms with Crippen LogP contribution < -0.4 is 9.47 Å². The van der Waals surface area contributed by atoms with E-state index in [4.69, 9.17) is 18.9 Å². The normalized spacial score (nSPS) is 43.8. The van der Waals surface area contributed by atoms with Gasteiger partial charge in [0.15, 0.2) is 17.3 Å². The molecule has 0 bridgehead atoms. The number of esters is 2. The van der Waals surface area contributed by atoms with Gasteiger partial charge in [0.2, 0.25) is 0 Å². The number of ether oxygens (including phenoxy) is 4. The Balaban J connectivity index is 1.18. The Morgan fingerprint density at radius 1 is 1.06 bits per heavy atom. The van der Waals surface area contributed by atoms with Gasteiger partial charge >= 0.3 is 11.9 Å². The molecule has 1 aromatic rings. The summed E-state index contributed by atoms with van der Waals surface area (Å²) in [4.78, 5) is 41.7. The lowest BCUT2D eigenvalue weighted by Gasteiger charge is -2.46. The topological polar surface area (TPSA) is 129 Å². The molecular formula is C43H50O9. The van der Waals surface area contributed by atoms with E-state index in [0.717, 1.165) is 12.0 Å². The number of hydrogen-bond acceptors (Lipinski definition) is 9. The first kappa shape index (κ1) is 35.1. The number of methoxy groups -OCH3 is 2. The molecule has 1 spiro atoms. The number of hydrogen-bond donors (Lipinski definition) is 2. The molecule has 4 fully saturated rings. The van der Waals surface area contributed by atoms with Gasteiger partial charge in [0, 0.05) is 41.4 Å². The van der Waals surface area contributed by atoms with Crippen LogP contribution in [0.5, 0.6) is 11.5 Å². The second-order valence-electron chi connectivity index (χ2n) is 16.5. The van der Waals surface area contributed by atoms with Crippen LogP contribution in [0, 0.1) is 58.7 Å². The predicted octanol–water partition coefficient (Wildman–Crippen LogP) is 5.67. The van der Waals surface area contributed by atoms with Gasteiger partial charge in [0.05, 0.1) is 38.8 Å². The molecule has 2 N–H and O–H groups in total. The van der Waals surface area contributed by atoms with Gasteiger partial charge in [-0.1, -0.05) is 62.9 Å². The van der Waals surface area contributed by atoms with E-state index < -0.39 is 46.2 Å². The fourth-order valence-corrected chi connectivity index (χ4v) is 11.7. The lowest BCUT2D eigenvalue weighted by molar-refractivity contribution is -0.159. The smallest absolute Gasteiger partial charge is 0.310 e. The Kier molecular flexibility index (Phi) is 8.31. The van der Waals surface area contributed by atoms with Gasteiger partial charge in [0.1, 0.15) is 12.2 Å². The molecule has 13 atom stereocenters. The predicted molar refractivity (Wildman–Crippen MR) is 192 cm³/mol. The zero-order valence-electron chi connectivity index (χ0n) is 30.7. The molecule has 9 nitrogen and oxygen atoms in total. The Labute approximate surface area is 305 Å². The molecule has 7 aliphatic rings. The summed E-state index contributed by atoms with van der Waals surface area (Å²) in [6.45, 7) is 9.94. The van der Waals surface area contributed by atoms with Crippen LogP contribution >= 0.6 is 0 Å². The number of aliphatic hydroxyl groups is 2. The van der Waals surface area contributed by atoms with Crippen LogP contribution in [-0.4, -0.2) is 66.6 Å². The third kappa shape index (κ3) is 4.76. The maximum atomic E-state index is 14.6. The second-order valence-corrected chi connectivity index (χ2v) is 16.5. The summed E-state index contributed by atoms with van der Waals surface area (Å²) in [5.74, 6) is -1.71. The highest BCUT2D eigenvalue weighted by Gasteiger charge is 2.84. The van der Waals surface area contributed by atoms with E-state index in [1.54, 1.807) is 21.1 Å². The fourth-order valence-electron chi connectivity index (χ4n) is 11.7. The van der Waals surface area contributed by atoms with Crippen molar-refractivity contribution in [3.05, 3.63) is 83.5 Å². The van der Waals surface area contributed by atoms with Gasteiger partial charge in [0.25, 0.3) is 0 Å². The van der Waals surface area contributed by atoms with Crippen molar-refractivity contribution in [3.63, 3.8) is 0 Å². The highest BCUT2D eigenvalue weighted by Crippen LogP contribution is 2.77. The van der Waals surface area contributed by atoms with Crippen molar-refractivity contribution in [1.29, 1.82) is 0 Å². The van der Waals surface area contributed by atoms with Crippen LogP contribution in [0.3, 0.4) is 0 Å². The van der Waals surface area contributed by atoms with Crippen LogP contribution in [0.2, 0.25) is 0 Å². The van der Waals surface area contributed by atoms with Gasteiger partial charge in [-0.15, -0.1) is 0 Å². The van der Waals surface area contributed by atoms with E-state index in [9.17, 15) is 24.6 Å². The van der Waals surface area contributed by atoms with E-state index in [-0.39, 0.29) is 67.4 Å². The molecule has 0 amide bonds. The Hall–Kier alpha value is -3.95. The standard InChI is InChI=1S/C43H50O9/c1-7-8-10-26-35-27-11-9-12-33(45)52-42-19-23(3)43(48)29-15-22(2)38(46)28(29)16-24(20-44)17-30(43)39(42)41(42,4)21-51-40(47)37(27)34(36(26)35)25-13-14-31(49-5)32(18-25)50-6/h8-11,13-15,17-18,26-30,34-37,39,44,48H,3,7,12,16,19-21H2,1-2,4-6H3/b10-8+,11-9-/t26?,27-,28-,29+,30-,34+,35+,36-,37+,39+,41+,42-,43-/m0/s1. The number of carbonyl (C=O) groups is 3. The number of carbonyl (C=O) groups excluding carboxylic acids is 3. The number of ketones is 1. The van der Waals surface area contributed by atoms with Gasteiger partial charge in [-0.05, 0) is 77.9 Å². The van der Waals surface area contributed by atoms with Crippen LogP contribution in [0.15, 0.2) is 78.0 Å². The largest absolute Gasteiger partial charge is 0.493 e. The van der Waals surface area contributed by atoms with Gasteiger partial charge in [-0.25, -0.2) is 0 Å². The molecule has 1 heterocycles. The molecule has 4 saturated carbocycles. The molecule has 6 aliphatic carbocycles. The summed E-state index contributed by atoms with van der Waals surface area (Å²) < 4.78 is 24.1. The van der Waals surface area contributed by atoms with Crippen molar-refractivity contribution in [3.8, 4) is 11.5 Å². The molecule has 1 unspecified atom stereocenters. The summed E-state index contributed by atoms with van der Waals surface area (Å²) in [6.07, 6.45) is 13.5. The Morgan fingerprint density at radius 3 is 2.54 bits per heavy atom. The first-order valence-electron chi connectivity index (χ1n) is 18.8. The minimum Gasteiger partial charge on any atom is -0.493 e. The van der Waals surface area contributed by atoms with E-state index in [0.29, 0.717) is 40.6 Å². The van der Waals surface area contributed by atoms with Crippen molar-refractivity contribution >= 4 is 17.7 Å². The van der Waals surface area contributed by atoms with Crippen molar-refractivity contribution in [2.45, 2.75) is 63.6 Å². The number of allylic oxidation sites excluding steroid dienone is 4. The van der Waals surface area contributed by atoms with Gasteiger partial charge in [-0.3, -0.25) is 14.4 Å². The lowest BCUT2D eigenvalue weighted by atomic mass is 9.63. The maximum Gasteiger partial charge on any atom is 0.310 e. The van der Waals surface area contributed by atoms with E-state index >= 15 is 0 Å². The van der Waals surface area contributed by atoms with E-state index in [1.807, 2.05) is 49.4 Å². The summed E-state index contributed by atoms with van der Waals surface area (Å²) in [5.41, 5.74) is -0.735. The molecule has 0 saturated heterocycles. The Morgan fingerprint density at radius 2 is 1.83 bits per heavy atom. The van der Waals surface area contributed by atoms with E-state index in [1.165, 1.54) is 0 Å². The van der Waals surface area contributed by atoms with Crippen LogP contribution in [0.1, 0.15) is 57.9 Å². The third-order valence-electron chi connectivity index (χ3n) is 14.1. The summed E-state index contributed by atoms with van der Waals surface area (Å²) >= 11 is 0. The number of benzene rings is 1. The second kappa shape index (κ2) is 12.3. The number of aliphatic hydroxyl groups excluding tert-OH is 1. The number of fused-ring (bicyclic) bond motifs is 8. The zero-order valence-corrected chi connectivity index (χ0v) is 30.7. The van der Waals surface area contributed by atoms with Crippen LogP contribution in [-0.2, 0) is 23.9 Å². The molecule has 1 aliphatic heterocycles. The molecule has 8 rings (SSSR count). The summed E-state index contributed by atoms with van der Waals surface area (Å²) in [5, 5.41) is 23.2. The first-order valence-corrected chi connectivity index (χ1v) is 18.8. The third-order valence-corrected chi connectivity index (χ3v) is 14.1. The quantitative estimate of drug-likeness (QED) is 0.283. The zero-order chi connectivity index (χ0) is 36.9. The van der Waals surface area contributed by atoms with Crippen molar-refractivity contribution in [2.75, 3.05) is 27.4 Å². The van der Waals surface area contributed by atoms with Crippen molar-refractivity contribution in [1.82, 2.24) is 0 Å². The maximum absolute atomic E-state index is 14.6. The minimum atomic E-state index is -1.51. The molecule has 9 heteroatoms. The summed E-state index contributed by atoms with van der Waals surface area (Å²) in [6, 6.07) is 5.87. The average Bonchev–Trinajstić information content (AvgIpc) is 3.87. The van der Waals surface area contributed by atoms with E-state index in [2.05, 4.69) is 25.7 Å². The number of rotatable bonds is 6. The molecular weight excluding hydrogens is 660 g/mol. The summed E-state index contributed by atoms with van der Waals surface area (Å²) in [7, 11) is 3.21. The molecule has 276 valence electrons. The lowest BCUT2D eigenvalue weighted by Crippen LogP contribution is -2.53. The van der Waals surface area contributed by atoms with Crippen molar-refractivity contribution < 1.29 is 43.5 Å². The highest BCUT2D eigenvalue weighted by atomic mass is 16.6. The molecule has 1 aromatic carbocycles. The SMILES string of the molecule is C=C1C[C@@]23OC(=O)C/C=C\[C@@H]4[C@@H](C(=O)OC[C@]2(C)[C@H]3[C@@H]2C=C(CO)C[C@@H]3C(=O)C(C)=C[C@H]3[C@@]12O)[C@H](c1ccc(OC)c(OC)c1)[C@@H]1C(/C=C/CC)[C@H]41. The number of cyclic esters (lactones) is 1. The highest BCUT2D eigenvalue weighted by molar-refractivity contribution is 6.00.